The lowest BCUT2D eigenvalue weighted by molar-refractivity contribution is -0.137. The molecule has 3 heterocycles. The van der Waals surface area contributed by atoms with Gasteiger partial charge in [0.2, 0.25) is 11.8 Å². The van der Waals surface area contributed by atoms with Crippen LogP contribution in [-0.2, 0) is 19.4 Å². The molecule has 3 aromatic heterocycles. The number of pyridine rings is 2. The largest absolute Gasteiger partial charge is 0.473 e. The molecule has 0 unspecified atom stereocenters. The SMILES string of the molecule is Fc1ccc(OCc2cccc(C(F)(F)F)c2)nc1-c1cnc(OCc2ccncn2)c(NSCC(F)(F)F)c1. The maximum atomic E-state index is 14.7. The highest BCUT2D eigenvalue weighted by molar-refractivity contribution is 8.00. The molecule has 7 nitrogen and oxygen atoms in total. The average molecular weight is 586 g/mol. The van der Waals surface area contributed by atoms with E-state index in [2.05, 4.69) is 24.7 Å². The first-order chi connectivity index (χ1) is 19.0. The summed E-state index contributed by atoms with van der Waals surface area (Å²) in [5.74, 6) is -2.20. The first-order valence-electron chi connectivity index (χ1n) is 11.3. The Morgan fingerprint density at radius 3 is 2.45 bits per heavy atom. The lowest BCUT2D eigenvalue weighted by atomic mass is 10.1. The molecule has 0 aliphatic heterocycles. The van der Waals surface area contributed by atoms with Crippen LogP contribution in [-0.4, -0.2) is 31.9 Å². The Kier molecular flexibility index (Phi) is 8.92. The van der Waals surface area contributed by atoms with E-state index in [4.69, 9.17) is 9.47 Å². The number of halogens is 7. The third-order valence-corrected chi connectivity index (χ3v) is 5.84. The van der Waals surface area contributed by atoms with Crippen LogP contribution in [0.3, 0.4) is 0 Å². The first-order valence-corrected chi connectivity index (χ1v) is 12.2. The molecule has 4 rings (SSSR count). The maximum absolute atomic E-state index is 14.7. The van der Waals surface area contributed by atoms with Crippen LogP contribution in [0.2, 0.25) is 0 Å². The fraction of sp³-hybridized carbons (Fsp3) is 0.200. The molecule has 0 saturated heterocycles. The van der Waals surface area contributed by atoms with Crippen molar-refractivity contribution in [1.29, 1.82) is 0 Å². The van der Waals surface area contributed by atoms with E-state index in [1.54, 1.807) is 6.07 Å². The van der Waals surface area contributed by atoms with Gasteiger partial charge in [0.1, 0.15) is 42.5 Å². The standard InChI is InChI=1S/C25H18F7N5O2S/c26-19-4-5-21(38-11-15-2-1-3-17(8-15)25(30,31)32)36-22(19)16-9-20(37-40-13-24(27,28)29)23(34-10-16)39-12-18-6-7-33-14-35-18/h1-10,14,37H,11-13H2. The second kappa shape index (κ2) is 12.4. The van der Waals surface area contributed by atoms with Gasteiger partial charge in [-0.25, -0.2) is 24.3 Å². The lowest BCUT2D eigenvalue weighted by Gasteiger charge is -2.14. The number of rotatable bonds is 10. The van der Waals surface area contributed by atoms with E-state index in [1.807, 2.05) is 0 Å². The summed E-state index contributed by atoms with van der Waals surface area (Å²) in [6.07, 6.45) is -5.00. The van der Waals surface area contributed by atoms with Gasteiger partial charge in [0.15, 0.2) is 0 Å². The van der Waals surface area contributed by atoms with Gasteiger partial charge in [-0.1, -0.05) is 12.1 Å². The minimum Gasteiger partial charge on any atom is -0.473 e. The van der Waals surface area contributed by atoms with Crippen LogP contribution in [0.4, 0.5) is 36.4 Å². The highest BCUT2D eigenvalue weighted by atomic mass is 32.2. The molecule has 1 aromatic carbocycles. The van der Waals surface area contributed by atoms with Gasteiger partial charge in [0.05, 0.1) is 11.3 Å². The monoisotopic (exact) mass is 585 g/mol. The molecule has 1 N–H and O–H groups in total. The van der Waals surface area contributed by atoms with Gasteiger partial charge in [-0.3, -0.25) is 0 Å². The van der Waals surface area contributed by atoms with E-state index >= 15 is 0 Å². The van der Waals surface area contributed by atoms with Gasteiger partial charge < -0.3 is 14.2 Å². The van der Waals surface area contributed by atoms with Crippen molar-refractivity contribution in [2.75, 3.05) is 10.5 Å². The van der Waals surface area contributed by atoms with Crippen LogP contribution in [0, 0.1) is 5.82 Å². The van der Waals surface area contributed by atoms with Crippen molar-refractivity contribution in [3.63, 3.8) is 0 Å². The lowest BCUT2D eigenvalue weighted by Crippen LogP contribution is -2.12. The Hall–Kier alpha value is -4.14. The molecule has 0 atom stereocenters. The van der Waals surface area contributed by atoms with Crippen LogP contribution in [0.5, 0.6) is 11.8 Å². The Bertz CT molecular complexity index is 1440. The quantitative estimate of drug-likeness (QED) is 0.160. The van der Waals surface area contributed by atoms with Crippen molar-refractivity contribution in [3.8, 4) is 23.0 Å². The Morgan fingerprint density at radius 2 is 1.73 bits per heavy atom. The zero-order valence-electron chi connectivity index (χ0n) is 20.1. The molecule has 0 aliphatic carbocycles. The van der Waals surface area contributed by atoms with Gasteiger partial charge in [-0.15, -0.1) is 0 Å². The van der Waals surface area contributed by atoms with Crippen molar-refractivity contribution in [2.45, 2.75) is 25.6 Å². The molecular formula is C25H18F7N5O2S. The fourth-order valence-corrected chi connectivity index (χ4v) is 3.75. The molecule has 15 heteroatoms. The van der Waals surface area contributed by atoms with E-state index < -0.39 is 29.5 Å². The number of hydrogen-bond donors (Lipinski definition) is 1. The van der Waals surface area contributed by atoms with Crippen molar-refractivity contribution in [2.24, 2.45) is 0 Å². The van der Waals surface area contributed by atoms with E-state index in [-0.39, 0.29) is 47.5 Å². The molecular weight excluding hydrogens is 567 g/mol. The number of alkyl halides is 6. The molecule has 0 saturated carbocycles. The molecule has 0 amide bonds. The zero-order chi connectivity index (χ0) is 28.8. The second-order valence-electron chi connectivity index (χ2n) is 8.04. The summed E-state index contributed by atoms with van der Waals surface area (Å²) < 4.78 is 105. The first kappa shape index (κ1) is 28.9. The predicted octanol–water partition coefficient (Wildman–Crippen LogP) is 6.87. The Morgan fingerprint density at radius 1 is 0.900 bits per heavy atom. The fourth-order valence-electron chi connectivity index (χ4n) is 3.21. The molecule has 210 valence electrons. The van der Waals surface area contributed by atoms with Crippen LogP contribution in [0.1, 0.15) is 16.8 Å². The molecule has 40 heavy (non-hydrogen) atoms. The summed E-state index contributed by atoms with van der Waals surface area (Å²) in [5.41, 5.74) is -0.322. The molecule has 0 fully saturated rings. The summed E-state index contributed by atoms with van der Waals surface area (Å²) in [6, 6.07) is 9.61. The number of ether oxygens (including phenoxy) is 2. The number of aromatic nitrogens is 4. The van der Waals surface area contributed by atoms with E-state index in [0.29, 0.717) is 17.6 Å². The number of benzene rings is 1. The van der Waals surface area contributed by atoms with E-state index in [1.165, 1.54) is 43.0 Å². The predicted molar refractivity (Wildman–Crippen MR) is 132 cm³/mol. The topological polar surface area (TPSA) is 82.1 Å². The number of nitrogens with zero attached hydrogens (tertiary/aromatic N) is 4. The number of anilines is 1. The number of nitrogens with one attached hydrogen (secondary N) is 1. The third kappa shape index (κ3) is 8.18. The van der Waals surface area contributed by atoms with Crippen LogP contribution < -0.4 is 14.2 Å². The number of hydrogen-bond acceptors (Lipinski definition) is 8. The maximum Gasteiger partial charge on any atom is 0.416 e. The minimum atomic E-state index is -4.53. The van der Waals surface area contributed by atoms with E-state index in [9.17, 15) is 30.7 Å². The summed E-state index contributed by atoms with van der Waals surface area (Å²) >= 11 is 0.329. The van der Waals surface area contributed by atoms with Crippen molar-refractivity contribution in [1.82, 2.24) is 19.9 Å². The zero-order valence-corrected chi connectivity index (χ0v) is 20.9. The summed E-state index contributed by atoms with van der Waals surface area (Å²) in [7, 11) is 0. The average Bonchev–Trinajstić information content (AvgIpc) is 2.91. The normalized spacial score (nSPS) is 11.8. The highest BCUT2D eigenvalue weighted by Gasteiger charge is 2.30. The van der Waals surface area contributed by atoms with Gasteiger partial charge in [-0.05, 0) is 47.8 Å². The minimum absolute atomic E-state index is 0.0114. The van der Waals surface area contributed by atoms with Gasteiger partial charge >= 0.3 is 12.4 Å². The second-order valence-corrected chi connectivity index (χ2v) is 8.82. The van der Waals surface area contributed by atoms with Gasteiger partial charge in [-0.2, -0.15) is 26.3 Å². The molecule has 4 aromatic rings. The highest BCUT2D eigenvalue weighted by Crippen LogP contribution is 2.33. The molecule has 0 aliphatic rings. The summed E-state index contributed by atoms with van der Waals surface area (Å²) in [4.78, 5) is 16.0. The van der Waals surface area contributed by atoms with Gasteiger partial charge in [0.25, 0.3) is 0 Å². The van der Waals surface area contributed by atoms with Crippen LogP contribution >= 0.6 is 11.9 Å². The van der Waals surface area contributed by atoms with Crippen molar-refractivity contribution in [3.05, 3.63) is 89.9 Å². The summed E-state index contributed by atoms with van der Waals surface area (Å²) in [5, 5.41) is 0. The van der Waals surface area contributed by atoms with E-state index in [0.717, 1.165) is 18.2 Å². The van der Waals surface area contributed by atoms with Crippen LogP contribution in [0.15, 0.2) is 67.3 Å². The Balaban J connectivity index is 1.55. The van der Waals surface area contributed by atoms with Gasteiger partial charge in [0, 0.05) is 24.0 Å². The van der Waals surface area contributed by atoms with Crippen molar-refractivity contribution < 1.29 is 40.2 Å². The van der Waals surface area contributed by atoms with Crippen LogP contribution in [0.25, 0.3) is 11.3 Å². The smallest absolute Gasteiger partial charge is 0.416 e. The Labute approximate surface area is 227 Å². The molecule has 0 radical (unpaired) electrons. The third-order valence-electron chi connectivity index (χ3n) is 5.00. The molecule has 0 spiro atoms. The van der Waals surface area contributed by atoms with Crippen molar-refractivity contribution >= 4 is 17.6 Å². The molecule has 0 bridgehead atoms. The summed E-state index contributed by atoms with van der Waals surface area (Å²) in [6.45, 7) is -0.351.